The van der Waals surface area contributed by atoms with Crippen LogP contribution in [0.1, 0.15) is 39.3 Å². The monoisotopic (exact) mass is 184 g/mol. The van der Waals surface area contributed by atoms with Crippen molar-refractivity contribution in [2.24, 2.45) is 0 Å². The summed E-state index contributed by atoms with van der Waals surface area (Å²) in [7, 11) is 1.64. The molecule has 3 heteroatoms. The van der Waals surface area contributed by atoms with Crippen molar-refractivity contribution >= 4 is 0 Å². The molecule has 1 heterocycles. The number of methoxy groups -OCH3 is 1. The van der Waals surface area contributed by atoms with Crippen molar-refractivity contribution in [3.8, 4) is 5.88 Å². The first kappa shape index (κ1) is 12.0. The van der Waals surface area contributed by atoms with Gasteiger partial charge in [-0.05, 0) is 20.8 Å². The predicted molar refractivity (Wildman–Crippen MR) is 55.2 cm³/mol. The van der Waals surface area contributed by atoms with Crippen LogP contribution in [0, 0.1) is 6.92 Å². The largest absolute Gasteiger partial charge is 0.480 e. The minimum absolute atomic E-state index is 0.401. The standard InChI is InChI=1S/C8H14N2O.C2H6/c1-6(2)10-5-7(3)8(9-10)11-4;1-2/h5-6H,1-4H3;1-2H3. The summed E-state index contributed by atoms with van der Waals surface area (Å²) in [6, 6.07) is 0.401. The third-order valence-corrected chi connectivity index (χ3v) is 1.59. The quantitative estimate of drug-likeness (QED) is 0.706. The lowest BCUT2D eigenvalue weighted by molar-refractivity contribution is 0.381. The molecule has 1 aromatic heterocycles. The summed E-state index contributed by atoms with van der Waals surface area (Å²) in [5.41, 5.74) is 1.08. The number of ether oxygens (including phenoxy) is 1. The average molecular weight is 184 g/mol. The van der Waals surface area contributed by atoms with Gasteiger partial charge in [-0.15, -0.1) is 5.10 Å². The summed E-state index contributed by atoms with van der Waals surface area (Å²) < 4.78 is 6.94. The summed E-state index contributed by atoms with van der Waals surface area (Å²) in [4.78, 5) is 0. The summed E-state index contributed by atoms with van der Waals surface area (Å²) >= 11 is 0. The normalized spacial score (nSPS) is 9.46. The molecule has 0 amide bonds. The maximum atomic E-state index is 5.04. The second-order valence-electron chi connectivity index (χ2n) is 2.90. The van der Waals surface area contributed by atoms with Crippen molar-refractivity contribution in [1.82, 2.24) is 9.78 Å². The van der Waals surface area contributed by atoms with E-state index in [1.54, 1.807) is 7.11 Å². The molecule has 0 aromatic carbocycles. The number of rotatable bonds is 2. The molecule has 13 heavy (non-hydrogen) atoms. The van der Waals surface area contributed by atoms with Gasteiger partial charge in [-0.25, -0.2) is 0 Å². The van der Waals surface area contributed by atoms with Gasteiger partial charge in [-0.2, -0.15) is 0 Å². The van der Waals surface area contributed by atoms with Crippen LogP contribution in [0.5, 0.6) is 5.88 Å². The Morgan fingerprint density at radius 1 is 1.38 bits per heavy atom. The predicted octanol–water partition coefficient (Wildman–Crippen LogP) is 2.81. The SMILES string of the molecule is CC.COc1nn(C(C)C)cc1C. The molecule has 0 aliphatic carbocycles. The number of nitrogens with zero attached hydrogens (tertiary/aromatic N) is 2. The Hall–Kier alpha value is -0.990. The topological polar surface area (TPSA) is 27.1 Å². The second kappa shape index (κ2) is 5.62. The van der Waals surface area contributed by atoms with Gasteiger partial charge in [0.15, 0.2) is 0 Å². The maximum Gasteiger partial charge on any atom is 0.235 e. The Morgan fingerprint density at radius 3 is 2.15 bits per heavy atom. The molecule has 3 nitrogen and oxygen atoms in total. The molecule has 0 N–H and O–H groups in total. The van der Waals surface area contributed by atoms with Crippen LogP contribution in [0.15, 0.2) is 6.20 Å². The van der Waals surface area contributed by atoms with Gasteiger partial charge in [0.1, 0.15) is 0 Å². The van der Waals surface area contributed by atoms with Crippen LogP contribution in [0.4, 0.5) is 0 Å². The molecule has 0 saturated heterocycles. The number of aryl methyl sites for hydroxylation is 1. The van der Waals surface area contributed by atoms with Gasteiger partial charge < -0.3 is 4.74 Å². The van der Waals surface area contributed by atoms with E-state index in [-0.39, 0.29) is 0 Å². The Bertz CT molecular complexity index is 241. The molecule has 0 spiro atoms. The second-order valence-corrected chi connectivity index (χ2v) is 2.90. The fourth-order valence-electron chi connectivity index (χ4n) is 0.933. The molecule has 0 atom stereocenters. The van der Waals surface area contributed by atoms with E-state index in [0.717, 1.165) is 11.4 Å². The highest BCUT2D eigenvalue weighted by atomic mass is 16.5. The van der Waals surface area contributed by atoms with E-state index in [4.69, 9.17) is 4.74 Å². The van der Waals surface area contributed by atoms with Gasteiger partial charge in [-0.1, -0.05) is 13.8 Å². The Labute approximate surface area is 80.7 Å². The molecule has 0 fully saturated rings. The zero-order chi connectivity index (χ0) is 10.4. The highest BCUT2D eigenvalue weighted by Gasteiger charge is 2.05. The minimum Gasteiger partial charge on any atom is -0.480 e. The van der Waals surface area contributed by atoms with Crippen LogP contribution < -0.4 is 4.74 Å². The zero-order valence-electron chi connectivity index (χ0n) is 9.46. The number of aromatic nitrogens is 2. The lowest BCUT2D eigenvalue weighted by atomic mass is 10.4. The average Bonchev–Trinajstić information content (AvgIpc) is 2.50. The number of hydrogen-bond donors (Lipinski definition) is 0. The van der Waals surface area contributed by atoms with Crippen LogP contribution in [0.3, 0.4) is 0 Å². The molecule has 1 rings (SSSR count). The molecule has 1 aromatic rings. The van der Waals surface area contributed by atoms with E-state index in [1.807, 2.05) is 31.6 Å². The molecular weight excluding hydrogens is 164 g/mol. The Kier molecular flexibility index (Phi) is 5.19. The lowest BCUT2D eigenvalue weighted by Crippen LogP contribution is -2.00. The van der Waals surface area contributed by atoms with Crippen molar-refractivity contribution in [2.45, 2.75) is 40.7 Å². The minimum atomic E-state index is 0.401. The van der Waals surface area contributed by atoms with Crippen molar-refractivity contribution in [1.29, 1.82) is 0 Å². The first-order valence-electron chi connectivity index (χ1n) is 4.75. The van der Waals surface area contributed by atoms with Gasteiger partial charge in [0.05, 0.1) is 7.11 Å². The Balaban J connectivity index is 0.000000671. The van der Waals surface area contributed by atoms with Gasteiger partial charge in [0.25, 0.3) is 0 Å². The van der Waals surface area contributed by atoms with Crippen LogP contribution in [-0.4, -0.2) is 16.9 Å². The van der Waals surface area contributed by atoms with E-state index in [1.165, 1.54) is 0 Å². The van der Waals surface area contributed by atoms with Crippen molar-refractivity contribution < 1.29 is 4.74 Å². The van der Waals surface area contributed by atoms with Crippen molar-refractivity contribution in [2.75, 3.05) is 7.11 Å². The summed E-state index contributed by atoms with van der Waals surface area (Å²) in [6.07, 6.45) is 1.99. The number of hydrogen-bond acceptors (Lipinski definition) is 2. The molecule has 0 aliphatic rings. The molecule has 0 bridgehead atoms. The van der Waals surface area contributed by atoms with E-state index < -0.39 is 0 Å². The van der Waals surface area contributed by atoms with E-state index in [0.29, 0.717) is 6.04 Å². The smallest absolute Gasteiger partial charge is 0.235 e. The lowest BCUT2D eigenvalue weighted by Gasteiger charge is -2.02. The van der Waals surface area contributed by atoms with Crippen LogP contribution in [0.2, 0.25) is 0 Å². The molecular formula is C10H20N2O. The third-order valence-electron chi connectivity index (χ3n) is 1.59. The van der Waals surface area contributed by atoms with Gasteiger partial charge in [-0.3, -0.25) is 4.68 Å². The zero-order valence-corrected chi connectivity index (χ0v) is 9.46. The third kappa shape index (κ3) is 3.09. The molecule has 0 aliphatic heterocycles. The first-order chi connectivity index (χ1) is 6.15. The molecule has 76 valence electrons. The van der Waals surface area contributed by atoms with Crippen molar-refractivity contribution in [3.63, 3.8) is 0 Å². The summed E-state index contributed by atoms with van der Waals surface area (Å²) in [6.45, 7) is 10.2. The van der Waals surface area contributed by atoms with E-state index in [9.17, 15) is 0 Å². The van der Waals surface area contributed by atoms with Crippen molar-refractivity contribution in [3.05, 3.63) is 11.8 Å². The summed E-state index contributed by atoms with van der Waals surface area (Å²) in [5, 5.41) is 4.22. The van der Waals surface area contributed by atoms with Crippen LogP contribution in [-0.2, 0) is 0 Å². The molecule has 0 saturated carbocycles. The van der Waals surface area contributed by atoms with Gasteiger partial charge in [0, 0.05) is 17.8 Å². The van der Waals surface area contributed by atoms with E-state index >= 15 is 0 Å². The first-order valence-corrected chi connectivity index (χ1v) is 4.75. The van der Waals surface area contributed by atoms with Gasteiger partial charge >= 0.3 is 0 Å². The van der Waals surface area contributed by atoms with E-state index in [2.05, 4.69) is 18.9 Å². The van der Waals surface area contributed by atoms with Crippen LogP contribution >= 0.6 is 0 Å². The Morgan fingerprint density at radius 2 is 1.92 bits per heavy atom. The molecule has 0 unspecified atom stereocenters. The fourth-order valence-corrected chi connectivity index (χ4v) is 0.933. The van der Waals surface area contributed by atoms with Gasteiger partial charge in [0.2, 0.25) is 5.88 Å². The maximum absolute atomic E-state index is 5.04. The molecule has 0 radical (unpaired) electrons. The summed E-state index contributed by atoms with van der Waals surface area (Å²) in [5.74, 6) is 0.721. The highest BCUT2D eigenvalue weighted by Crippen LogP contribution is 2.15. The van der Waals surface area contributed by atoms with Crippen LogP contribution in [0.25, 0.3) is 0 Å². The fraction of sp³-hybridized carbons (Fsp3) is 0.700. The highest BCUT2D eigenvalue weighted by molar-refractivity contribution is 5.20.